The molecular formula is C19H30N4O. The van der Waals surface area contributed by atoms with Gasteiger partial charge in [-0.25, -0.2) is 0 Å². The third kappa shape index (κ3) is 5.87. The molecule has 0 unspecified atom stereocenters. The van der Waals surface area contributed by atoms with E-state index in [1.54, 1.807) is 7.05 Å². The SMILES string of the molecule is CN=C(NCc1cccc(NC(=O)C2CCCCC2)c1)NC(C)C. The summed E-state index contributed by atoms with van der Waals surface area (Å²) in [5, 5.41) is 9.62. The number of hydrogen-bond donors (Lipinski definition) is 3. The Hall–Kier alpha value is -2.04. The first-order valence-electron chi connectivity index (χ1n) is 8.95. The monoisotopic (exact) mass is 330 g/mol. The van der Waals surface area contributed by atoms with E-state index in [4.69, 9.17) is 0 Å². The van der Waals surface area contributed by atoms with Crippen LogP contribution in [0.25, 0.3) is 0 Å². The lowest BCUT2D eigenvalue weighted by molar-refractivity contribution is -0.120. The minimum absolute atomic E-state index is 0.164. The average Bonchev–Trinajstić information content (AvgIpc) is 2.59. The largest absolute Gasteiger partial charge is 0.354 e. The molecular weight excluding hydrogens is 300 g/mol. The summed E-state index contributed by atoms with van der Waals surface area (Å²) in [4.78, 5) is 16.6. The lowest BCUT2D eigenvalue weighted by Crippen LogP contribution is -2.40. The van der Waals surface area contributed by atoms with Crippen molar-refractivity contribution in [3.8, 4) is 0 Å². The predicted octanol–water partition coefficient (Wildman–Crippen LogP) is 3.28. The molecule has 1 saturated carbocycles. The van der Waals surface area contributed by atoms with Crippen LogP contribution in [0.15, 0.2) is 29.3 Å². The lowest BCUT2D eigenvalue weighted by atomic mass is 9.88. The fourth-order valence-electron chi connectivity index (χ4n) is 3.02. The summed E-state index contributed by atoms with van der Waals surface area (Å²) < 4.78 is 0. The maximum atomic E-state index is 12.4. The third-order valence-corrected chi connectivity index (χ3v) is 4.28. The van der Waals surface area contributed by atoms with E-state index in [-0.39, 0.29) is 11.8 Å². The first kappa shape index (κ1) is 18.3. The summed E-state index contributed by atoms with van der Waals surface area (Å²) in [6.07, 6.45) is 5.64. The van der Waals surface area contributed by atoms with Gasteiger partial charge in [-0.05, 0) is 44.4 Å². The number of nitrogens with zero attached hydrogens (tertiary/aromatic N) is 1. The average molecular weight is 330 g/mol. The van der Waals surface area contributed by atoms with E-state index in [1.165, 1.54) is 19.3 Å². The summed E-state index contributed by atoms with van der Waals surface area (Å²) in [6, 6.07) is 8.33. The summed E-state index contributed by atoms with van der Waals surface area (Å²) >= 11 is 0. The van der Waals surface area contributed by atoms with E-state index < -0.39 is 0 Å². The van der Waals surface area contributed by atoms with Crippen LogP contribution in [0.3, 0.4) is 0 Å². The molecule has 1 aromatic rings. The number of amides is 1. The second-order valence-corrected chi connectivity index (χ2v) is 6.75. The van der Waals surface area contributed by atoms with Crippen LogP contribution in [0.1, 0.15) is 51.5 Å². The molecule has 0 saturated heterocycles. The quantitative estimate of drug-likeness (QED) is 0.573. The zero-order chi connectivity index (χ0) is 17.4. The van der Waals surface area contributed by atoms with Gasteiger partial charge in [-0.2, -0.15) is 0 Å². The van der Waals surface area contributed by atoms with Gasteiger partial charge in [0.25, 0.3) is 0 Å². The molecule has 0 atom stereocenters. The number of nitrogens with one attached hydrogen (secondary N) is 3. The molecule has 0 heterocycles. The van der Waals surface area contributed by atoms with Crippen LogP contribution in [-0.4, -0.2) is 25.0 Å². The van der Waals surface area contributed by atoms with Crippen molar-refractivity contribution in [1.29, 1.82) is 0 Å². The number of rotatable bonds is 5. The molecule has 1 fully saturated rings. The van der Waals surface area contributed by atoms with E-state index in [0.717, 1.165) is 30.1 Å². The normalized spacial score (nSPS) is 16.1. The molecule has 1 aromatic carbocycles. The molecule has 0 bridgehead atoms. The van der Waals surface area contributed by atoms with Gasteiger partial charge < -0.3 is 16.0 Å². The molecule has 24 heavy (non-hydrogen) atoms. The molecule has 1 aliphatic carbocycles. The Labute approximate surface area is 145 Å². The van der Waals surface area contributed by atoms with Crippen molar-refractivity contribution in [2.45, 2.75) is 58.5 Å². The van der Waals surface area contributed by atoms with E-state index in [1.807, 2.05) is 24.3 Å². The number of guanidine groups is 1. The van der Waals surface area contributed by atoms with Gasteiger partial charge >= 0.3 is 0 Å². The first-order valence-corrected chi connectivity index (χ1v) is 8.95. The number of carbonyl (C=O) groups excluding carboxylic acids is 1. The Morgan fingerprint density at radius 2 is 2.00 bits per heavy atom. The van der Waals surface area contributed by atoms with E-state index in [0.29, 0.717) is 12.6 Å². The van der Waals surface area contributed by atoms with Crippen molar-refractivity contribution < 1.29 is 4.79 Å². The Kier molecular flexibility index (Phi) is 7.09. The van der Waals surface area contributed by atoms with Crippen molar-refractivity contribution in [2.75, 3.05) is 12.4 Å². The van der Waals surface area contributed by atoms with Gasteiger partial charge in [-0.1, -0.05) is 31.4 Å². The Balaban J connectivity index is 1.89. The maximum absolute atomic E-state index is 12.4. The molecule has 5 nitrogen and oxygen atoms in total. The summed E-state index contributed by atoms with van der Waals surface area (Å²) in [6.45, 7) is 4.82. The number of hydrogen-bond acceptors (Lipinski definition) is 2. The second kappa shape index (κ2) is 9.30. The van der Waals surface area contributed by atoms with Crippen molar-refractivity contribution >= 4 is 17.6 Å². The fourth-order valence-corrected chi connectivity index (χ4v) is 3.02. The molecule has 132 valence electrons. The fraction of sp³-hybridized carbons (Fsp3) is 0.579. The second-order valence-electron chi connectivity index (χ2n) is 6.75. The number of benzene rings is 1. The van der Waals surface area contributed by atoms with Gasteiger partial charge in [0.2, 0.25) is 5.91 Å². The standard InChI is InChI=1S/C19H30N4O/c1-14(2)22-19(20-3)21-13-15-8-7-11-17(12-15)23-18(24)16-9-5-4-6-10-16/h7-8,11-12,14,16H,4-6,9-10,13H2,1-3H3,(H,23,24)(H2,20,21,22). The van der Waals surface area contributed by atoms with Crippen LogP contribution >= 0.6 is 0 Å². The molecule has 2 rings (SSSR count). The van der Waals surface area contributed by atoms with Crippen molar-refractivity contribution in [3.05, 3.63) is 29.8 Å². The molecule has 0 aromatic heterocycles. The minimum atomic E-state index is 0.164. The minimum Gasteiger partial charge on any atom is -0.354 e. The third-order valence-electron chi connectivity index (χ3n) is 4.28. The van der Waals surface area contributed by atoms with Crippen molar-refractivity contribution in [3.63, 3.8) is 0 Å². The van der Waals surface area contributed by atoms with Gasteiger partial charge in [0, 0.05) is 31.2 Å². The zero-order valence-corrected chi connectivity index (χ0v) is 15.1. The number of aliphatic imine (C=N–C) groups is 1. The molecule has 0 aliphatic heterocycles. The van der Waals surface area contributed by atoms with Gasteiger partial charge in [-0.15, -0.1) is 0 Å². The van der Waals surface area contributed by atoms with E-state index in [9.17, 15) is 4.79 Å². The highest BCUT2D eigenvalue weighted by atomic mass is 16.1. The summed E-state index contributed by atoms with van der Waals surface area (Å²) in [7, 11) is 1.76. The Morgan fingerprint density at radius 3 is 2.67 bits per heavy atom. The van der Waals surface area contributed by atoms with Crippen LogP contribution in [0.4, 0.5) is 5.69 Å². The van der Waals surface area contributed by atoms with E-state index in [2.05, 4.69) is 34.8 Å². The lowest BCUT2D eigenvalue weighted by Gasteiger charge is -2.21. The summed E-state index contributed by atoms with van der Waals surface area (Å²) in [5.74, 6) is 1.12. The Morgan fingerprint density at radius 1 is 1.25 bits per heavy atom. The summed E-state index contributed by atoms with van der Waals surface area (Å²) in [5.41, 5.74) is 1.99. The Bertz CT molecular complexity index is 562. The van der Waals surface area contributed by atoms with Crippen LogP contribution < -0.4 is 16.0 Å². The van der Waals surface area contributed by atoms with E-state index >= 15 is 0 Å². The van der Waals surface area contributed by atoms with Gasteiger partial charge in [-0.3, -0.25) is 9.79 Å². The number of carbonyl (C=O) groups is 1. The first-order chi connectivity index (χ1) is 11.6. The molecule has 5 heteroatoms. The van der Waals surface area contributed by atoms with Crippen LogP contribution in [0.2, 0.25) is 0 Å². The number of anilines is 1. The molecule has 1 amide bonds. The molecule has 0 radical (unpaired) electrons. The van der Waals surface area contributed by atoms with Gasteiger partial charge in [0.1, 0.15) is 0 Å². The zero-order valence-electron chi connectivity index (χ0n) is 15.1. The molecule has 0 spiro atoms. The maximum Gasteiger partial charge on any atom is 0.227 e. The van der Waals surface area contributed by atoms with Crippen LogP contribution in [-0.2, 0) is 11.3 Å². The molecule has 1 aliphatic rings. The highest BCUT2D eigenvalue weighted by molar-refractivity contribution is 5.92. The predicted molar refractivity (Wildman–Crippen MR) is 100 cm³/mol. The molecule has 3 N–H and O–H groups in total. The van der Waals surface area contributed by atoms with Crippen LogP contribution in [0, 0.1) is 5.92 Å². The topological polar surface area (TPSA) is 65.5 Å². The smallest absolute Gasteiger partial charge is 0.227 e. The highest BCUT2D eigenvalue weighted by Gasteiger charge is 2.20. The van der Waals surface area contributed by atoms with Gasteiger partial charge in [0.05, 0.1) is 0 Å². The van der Waals surface area contributed by atoms with Crippen molar-refractivity contribution in [1.82, 2.24) is 10.6 Å². The van der Waals surface area contributed by atoms with Crippen LogP contribution in [0.5, 0.6) is 0 Å². The highest BCUT2D eigenvalue weighted by Crippen LogP contribution is 2.25. The van der Waals surface area contributed by atoms with Crippen molar-refractivity contribution in [2.24, 2.45) is 10.9 Å². The van der Waals surface area contributed by atoms with Gasteiger partial charge in [0.15, 0.2) is 5.96 Å².